The van der Waals surface area contributed by atoms with Crippen LogP contribution in [0.5, 0.6) is 0 Å². The fourth-order valence-corrected chi connectivity index (χ4v) is 14.1. The molecule has 5 atom stereocenters. The molecule has 0 saturated heterocycles. The van der Waals surface area contributed by atoms with Crippen LogP contribution >= 0.6 is 11.3 Å². The molecule has 1 spiro atoms. The molecule has 1 nitrogen and oxygen atoms in total. The number of hydrogen-bond donors (Lipinski definition) is 0. The van der Waals surface area contributed by atoms with Crippen molar-refractivity contribution >= 4 is 48.6 Å². The highest BCUT2D eigenvalue weighted by Gasteiger charge is 2.56. The van der Waals surface area contributed by atoms with Crippen molar-refractivity contribution in [2.45, 2.75) is 64.2 Å². The first-order valence-electron chi connectivity index (χ1n) is 21.6. The van der Waals surface area contributed by atoms with Crippen LogP contribution < -0.4 is 4.90 Å². The first-order chi connectivity index (χ1) is 28.3. The molecule has 7 aromatic carbocycles. The first-order valence-corrected chi connectivity index (χ1v) is 22.4. The summed E-state index contributed by atoms with van der Waals surface area (Å²) in [6, 6.07) is 58.3. The highest BCUT2D eigenvalue weighted by molar-refractivity contribution is 7.26. The maximum Gasteiger partial charge on any atom is 0.0467 e. The normalized spacial score (nSPS) is 23.4. The van der Waals surface area contributed by atoms with Crippen molar-refractivity contribution in [3.05, 3.63) is 174 Å². The van der Waals surface area contributed by atoms with Gasteiger partial charge in [0.1, 0.15) is 0 Å². The molecule has 1 unspecified atom stereocenters. The van der Waals surface area contributed by atoms with E-state index in [1.165, 1.54) is 107 Å². The van der Waals surface area contributed by atoms with Crippen LogP contribution in [-0.2, 0) is 10.8 Å². The molecule has 0 aliphatic heterocycles. The van der Waals surface area contributed by atoms with Gasteiger partial charge >= 0.3 is 0 Å². The predicted molar refractivity (Wildman–Crippen MR) is 247 cm³/mol. The van der Waals surface area contributed by atoms with Crippen LogP contribution in [0.15, 0.2) is 152 Å². The third-order valence-electron chi connectivity index (χ3n) is 15.2. The fraction of sp³-hybridized carbons (Fsp3) is 0.250. The molecule has 12 rings (SSSR count). The van der Waals surface area contributed by atoms with Crippen molar-refractivity contribution in [1.82, 2.24) is 0 Å². The maximum atomic E-state index is 2.64. The Kier molecular flexibility index (Phi) is 7.47. The molecule has 2 fully saturated rings. The molecule has 2 saturated carbocycles. The molecule has 2 heteroatoms. The van der Waals surface area contributed by atoms with Gasteiger partial charge in [0.15, 0.2) is 0 Å². The number of anilines is 3. The van der Waals surface area contributed by atoms with Crippen LogP contribution in [0, 0.1) is 23.7 Å². The molecule has 0 amide bonds. The third kappa shape index (κ3) is 4.76. The molecule has 1 aromatic heterocycles. The van der Waals surface area contributed by atoms with Gasteiger partial charge in [-0.15, -0.1) is 11.3 Å². The van der Waals surface area contributed by atoms with Gasteiger partial charge in [-0.2, -0.15) is 0 Å². The number of nitrogens with zero attached hydrogens (tertiary/aromatic N) is 1. The topological polar surface area (TPSA) is 3.24 Å². The average Bonchev–Trinajstić information content (AvgIpc) is 3.84. The molecule has 1 heterocycles. The Morgan fingerprint density at radius 2 is 1.12 bits per heavy atom. The zero-order valence-electron chi connectivity index (χ0n) is 33.9. The molecule has 0 N–H and O–H groups in total. The Morgan fingerprint density at radius 1 is 0.500 bits per heavy atom. The lowest BCUT2D eigenvalue weighted by molar-refractivity contribution is 0.0426. The minimum absolute atomic E-state index is 0.0268. The maximum absolute atomic E-state index is 2.64. The summed E-state index contributed by atoms with van der Waals surface area (Å²) in [5.74, 6) is 2.85. The summed E-state index contributed by atoms with van der Waals surface area (Å²) in [6.07, 6.45) is 5.37. The fourth-order valence-electron chi connectivity index (χ4n) is 12.9. The van der Waals surface area contributed by atoms with E-state index in [1.807, 2.05) is 11.3 Å². The van der Waals surface area contributed by atoms with E-state index < -0.39 is 0 Å². The summed E-state index contributed by atoms with van der Waals surface area (Å²) in [4.78, 5) is 2.57. The van der Waals surface area contributed by atoms with Crippen molar-refractivity contribution in [3.63, 3.8) is 0 Å². The highest BCUT2D eigenvalue weighted by atomic mass is 32.1. The second kappa shape index (κ2) is 12.5. The summed E-state index contributed by atoms with van der Waals surface area (Å²) in [5, 5.41) is 2.68. The van der Waals surface area contributed by atoms with Crippen LogP contribution in [0.1, 0.15) is 75.6 Å². The predicted octanol–water partition coefficient (Wildman–Crippen LogP) is 15.9. The largest absolute Gasteiger partial charge is 0.310 e. The number of hydrogen-bond acceptors (Lipinski definition) is 2. The van der Waals surface area contributed by atoms with Gasteiger partial charge in [-0.1, -0.05) is 137 Å². The van der Waals surface area contributed by atoms with Gasteiger partial charge in [0.25, 0.3) is 0 Å². The van der Waals surface area contributed by atoms with E-state index in [0.29, 0.717) is 11.8 Å². The van der Waals surface area contributed by atoms with E-state index in [0.717, 1.165) is 11.8 Å². The molecular formula is C56H49NS. The Morgan fingerprint density at radius 3 is 1.95 bits per heavy atom. The molecule has 2 bridgehead atoms. The molecule has 0 radical (unpaired) electrons. The summed E-state index contributed by atoms with van der Waals surface area (Å²) in [5.41, 5.74) is 17.7. The van der Waals surface area contributed by atoms with Gasteiger partial charge in [-0.05, 0) is 147 Å². The van der Waals surface area contributed by atoms with E-state index in [-0.39, 0.29) is 10.8 Å². The Hall–Kier alpha value is -5.44. The average molecular weight is 768 g/mol. The number of thiophene rings is 1. The van der Waals surface area contributed by atoms with Crippen LogP contribution in [0.2, 0.25) is 0 Å². The lowest BCUT2D eigenvalue weighted by Gasteiger charge is -2.54. The van der Waals surface area contributed by atoms with E-state index >= 15 is 0 Å². The number of benzene rings is 7. The van der Waals surface area contributed by atoms with Crippen molar-refractivity contribution in [3.8, 4) is 33.4 Å². The van der Waals surface area contributed by atoms with Gasteiger partial charge in [-0.3, -0.25) is 0 Å². The lowest BCUT2D eigenvalue weighted by atomic mass is 9.49. The molecular weight excluding hydrogens is 719 g/mol. The Balaban J connectivity index is 1.08. The second-order valence-electron chi connectivity index (χ2n) is 18.7. The first kappa shape index (κ1) is 34.6. The summed E-state index contributed by atoms with van der Waals surface area (Å²) >= 11 is 1.91. The standard InChI is InChI=1S/C56H49NS/c1-34-27-36-29-35(2)56(38(28-34)30-36)50-21-9-6-16-44(50)46-26-24-41(33-52(46)56)57(40-23-25-45-43-15-5-8-20-49(43)55(3,4)51(45)32-40)39-14-11-13-37(31-39)42-18-12-19-48-47-17-7-10-22-53(47)58-54(42)48/h5-26,31-36,38H,27-30H2,1-4H3/t34-,35+,36-,38-,56?/m0/s1. The molecule has 4 aliphatic rings. The highest BCUT2D eigenvalue weighted by Crippen LogP contribution is 2.65. The van der Waals surface area contributed by atoms with Crippen molar-refractivity contribution < 1.29 is 0 Å². The van der Waals surface area contributed by atoms with Crippen LogP contribution in [0.4, 0.5) is 17.1 Å². The van der Waals surface area contributed by atoms with E-state index in [2.05, 4.69) is 184 Å². The Bertz CT molecular complexity index is 2960. The monoisotopic (exact) mass is 767 g/mol. The van der Waals surface area contributed by atoms with Crippen molar-refractivity contribution in [1.29, 1.82) is 0 Å². The lowest BCUT2D eigenvalue weighted by Crippen LogP contribution is -2.49. The summed E-state index contributed by atoms with van der Waals surface area (Å²) in [6.45, 7) is 9.90. The minimum atomic E-state index is -0.0956. The SMILES string of the molecule is C[C@H]1C[C@@H]2C[C@H](C1)C1(c3ccccc3-c3ccc(N(c4cccc(-c5cccc6c5sc5ccccc56)c4)c4ccc5c(c4)C(C)(C)c4ccccc4-5)cc31)[C@H](C)C2. The smallest absolute Gasteiger partial charge is 0.0467 e. The van der Waals surface area contributed by atoms with Crippen molar-refractivity contribution in [2.75, 3.05) is 4.90 Å². The molecule has 4 aliphatic carbocycles. The second-order valence-corrected chi connectivity index (χ2v) is 19.8. The van der Waals surface area contributed by atoms with Gasteiger partial charge in [0, 0.05) is 48.1 Å². The summed E-state index contributed by atoms with van der Waals surface area (Å²) in [7, 11) is 0. The minimum Gasteiger partial charge on any atom is -0.310 e. The van der Waals surface area contributed by atoms with Crippen LogP contribution in [0.25, 0.3) is 53.6 Å². The van der Waals surface area contributed by atoms with E-state index in [4.69, 9.17) is 0 Å². The van der Waals surface area contributed by atoms with Gasteiger partial charge in [0.2, 0.25) is 0 Å². The van der Waals surface area contributed by atoms with Gasteiger partial charge in [0.05, 0.1) is 0 Å². The molecule has 8 aromatic rings. The van der Waals surface area contributed by atoms with Crippen LogP contribution in [-0.4, -0.2) is 0 Å². The quantitative estimate of drug-likeness (QED) is 0.172. The third-order valence-corrected chi connectivity index (χ3v) is 16.4. The molecule has 284 valence electrons. The molecule has 58 heavy (non-hydrogen) atoms. The Labute approximate surface area is 347 Å². The summed E-state index contributed by atoms with van der Waals surface area (Å²) < 4.78 is 2.70. The van der Waals surface area contributed by atoms with Crippen LogP contribution in [0.3, 0.4) is 0 Å². The van der Waals surface area contributed by atoms with Gasteiger partial charge in [-0.25, -0.2) is 0 Å². The van der Waals surface area contributed by atoms with E-state index in [9.17, 15) is 0 Å². The number of fused-ring (bicyclic) bond motifs is 14. The zero-order valence-corrected chi connectivity index (χ0v) is 34.7. The zero-order chi connectivity index (χ0) is 38.9. The van der Waals surface area contributed by atoms with E-state index in [1.54, 1.807) is 11.1 Å². The van der Waals surface area contributed by atoms with Gasteiger partial charge < -0.3 is 4.90 Å². The number of rotatable bonds is 4. The van der Waals surface area contributed by atoms with Crippen molar-refractivity contribution in [2.24, 2.45) is 23.7 Å².